The van der Waals surface area contributed by atoms with E-state index < -0.39 is 47.8 Å². The fraction of sp³-hybridized carbons (Fsp3) is 0.488. The van der Waals surface area contributed by atoms with Gasteiger partial charge in [-0.15, -0.1) is 0 Å². The van der Waals surface area contributed by atoms with Crippen LogP contribution in [0.25, 0.3) is 0 Å². The molecule has 0 aliphatic carbocycles. The number of benzene rings is 3. The lowest BCUT2D eigenvalue weighted by Crippen LogP contribution is -2.56. The van der Waals surface area contributed by atoms with Crippen LogP contribution in [0.15, 0.2) is 84.9 Å². The van der Waals surface area contributed by atoms with Crippen molar-refractivity contribution >= 4 is 35.6 Å². The lowest BCUT2D eigenvalue weighted by atomic mass is 9.88. The van der Waals surface area contributed by atoms with Crippen LogP contribution in [-0.2, 0) is 38.5 Å². The summed E-state index contributed by atoms with van der Waals surface area (Å²) in [7, 11) is 1.72. The molecule has 3 aromatic carbocycles. The maximum atomic E-state index is 14.2. The van der Waals surface area contributed by atoms with Gasteiger partial charge in [-0.05, 0) is 87.6 Å². The summed E-state index contributed by atoms with van der Waals surface area (Å²) in [5.74, 6) is -1.60. The molecule has 3 N–H and O–H groups in total. The molecule has 3 aromatic rings. The van der Waals surface area contributed by atoms with Crippen LogP contribution < -0.4 is 10.6 Å². The molecule has 0 radical (unpaired) electrons. The third-order valence-corrected chi connectivity index (χ3v) is 10.0. The Balaban J connectivity index is 1.45. The van der Waals surface area contributed by atoms with Gasteiger partial charge in [-0.3, -0.25) is 9.59 Å². The van der Waals surface area contributed by atoms with Gasteiger partial charge in [-0.1, -0.05) is 98.2 Å². The minimum absolute atomic E-state index is 0.0112. The summed E-state index contributed by atoms with van der Waals surface area (Å²) in [6.45, 7) is 10.1. The molecule has 11 nitrogen and oxygen atoms in total. The van der Waals surface area contributed by atoms with Gasteiger partial charge >= 0.3 is 12.2 Å². The van der Waals surface area contributed by atoms with Crippen molar-refractivity contribution in [1.29, 1.82) is 0 Å². The van der Waals surface area contributed by atoms with Gasteiger partial charge in [0.2, 0.25) is 11.8 Å². The molecule has 1 saturated heterocycles. The van der Waals surface area contributed by atoms with Crippen LogP contribution in [0.2, 0.25) is 5.02 Å². The Labute approximate surface area is 330 Å². The van der Waals surface area contributed by atoms with E-state index >= 15 is 0 Å². The van der Waals surface area contributed by atoms with E-state index in [-0.39, 0.29) is 37.3 Å². The molecule has 0 spiro atoms. The van der Waals surface area contributed by atoms with Crippen LogP contribution in [0.3, 0.4) is 0 Å². The van der Waals surface area contributed by atoms with Crippen molar-refractivity contribution in [1.82, 2.24) is 20.4 Å². The average molecular weight is 777 g/mol. The van der Waals surface area contributed by atoms with E-state index in [0.29, 0.717) is 37.4 Å². The number of aliphatic hydroxyl groups excluding tert-OH is 1. The topological polar surface area (TPSA) is 138 Å². The Kier molecular flexibility index (Phi) is 16.0. The highest BCUT2D eigenvalue weighted by Crippen LogP contribution is 2.23. The molecular formula is C43H57ClN4O7. The molecule has 1 aliphatic heterocycles. The van der Waals surface area contributed by atoms with Crippen LogP contribution >= 0.6 is 11.6 Å². The van der Waals surface area contributed by atoms with Gasteiger partial charge in [0.25, 0.3) is 0 Å². The minimum atomic E-state index is -1.15. The normalized spacial score (nSPS) is 15.7. The smallest absolute Gasteiger partial charge is 0.410 e. The van der Waals surface area contributed by atoms with Gasteiger partial charge in [-0.2, -0.15) is 0 Å². The van der Waals surface area contributed by atoms with E-state index in [1.165, 1.54) is 0 Å². The zero-order valence-electron chi connectivity index (χ0n) is 32.9. The van der Waals surface area contributed by atoms with Gasteiger partial charge < -0.3 is 35.0 Å². The second kappa shape index (κ2) is 20.3. The van der Waals surface area contributed by atoms with Crippen molar-refractivity contribution in [3.05, 3.63) is 107 Å². The number of piperidine rings is 1. The lowest BCUT2D eigenvalue weighted by Gasteiger charge is -2.38. The van der Waals surface area contributed by atoms with Crippen LogP contribution in [0.1, 0.15) is 70.6 Å². The van der Waals surface area contributed by atoms with Crippen molar-refractivity contribution in [2.45, 2.75) is 103 Å². The molecule has 0 bridgehead atoms. The van der Waals surface area contributed by atoms with Crippen molar-refractivity contribution in [2.75, 3.05) is 20.1 Å². The Morgan fingerprint density at radius 1 is 0.873 bits per heavy atom. The van der Waals surface area contributed by atoms with Crippen LogP contribution in [0, 0.1) is 11.8 Å². The average Bonchev–Trinajstić information content (AvgIpc) is 3.14. The molecule has 1 aliphatic rings. The molecule has 0 aromatic heterocycles. The Bertz CT molecular complexity index is 1690. The van der Waals surface area contributed by atoms with E-state index in [9.17, 15) is 24.3 Å². The molecule has 1 heterocycles. The zero-order valence-corrected chi connectivity index (χ0v) is 33.6. The Morgan fingerprint density at radius 2 is 1.47 bits per heavy atom. The Morgan fingerprint density at radius 3 is 2.05 bits per heavy atom. The van der Waals surface area contributed by atoms with Gasteiger partial charge in [0, 0.05) is 37.1 Å². The number of hydrogen-bond donors (Lipinski definition) is 3. The number of halogens is 1. The summed E-state index contributed by atoms with van der Waals surface area (Å²) >= 11 is 6.32. The van der Waals surface area contributed by atoms with Crippen LogP contribution in [0.4, 0.5) is 9.59 Å². The number of carbonyl (C=O) groups excluding carboxylic acids is 4. The van der Waals surface area contributed by atoms with E-state index in [4.69, 9.17) is 21.1 Å². The quantitative estimate of drug-likeness (QED) is 0.155. The fourth-order valence-corrected chi connectivity index (χ4v) is 6.94. The number of ether oxygens (including phenoxy) is 2. The van der Waals surface area contributed by atoms with Crippen molar-refractivity contribution in [3.63, 3.8) is 0 Å². The highest BCUT2D eigenvalue weighted by molar-refractivity contribution is 6.30. The molecule has 4 unspecified atom stereocenters. The number of carbonyl (C=O) groups is 4. The third-order valence-electron chi connectivity index (χ3n) is 9.78. The minimum Gasteiger partial charge on any atom is -0.445 e. The second-order valence-electron chi connectivity index (χ2n) is 15.7. The summed E-state index contributed by atoms with van der Waals surface area (Å²) in [6, 6.07) is 24.4. The third kappa shape index (κ3) is 13.9. The molecule has 298 valence electrons. The summed E-state index contributed by atoms with van der Waals surface area (Å²) in [5, 5.41) is 18.1. The number of nitrogens with one attached hydrogen (secondary N) is 2. The predicted octanol–water partition coefficient (Wildman–Crippen LogP) is 6.79. The SMILES string of the molecule is CC(C)C(NC(=O)C(Cc1cccc(Cl)c1)CC(O)C(Cc1ccccc1)NC(=O)OC(C)(C)C)C(=O)N1CCC(N(C)C(=O)OCc2ccccc2)CC1. The monoisotopic (exact) mass is 776 g/mol. The maximum Gasteiger partial charge on any atom is 0.410 e. The van der Waals surface area contributed by atoms with Crippen LogP contribution in [-0.4, -0.2) is 88.9 Å². The number of rotatable bonds is 15. The van der Waals surface area contributed by atoms with E-state index in [1.807, 2.05) is 80.6 Å². The van der Waals surface area contributed by atoms with E-state index in [0.717, 1.165) is 16.7 Å². The standard InChI is InChI=1S/C43H57ClN4O7/c1-29(2)38(40(51)48-22-20-35(21-23-48)47(6)42(53)54-28-31-16-11-8-12-17-31)46-39(50)33(24-32-18-13-19-34(44)25-32)27-37(49)36(26-30-14-9-7-10-15-30)45-41(52)55-43(3,4)5/h7-19,25,29,33,35-38,49H,20-24,26-28H2,1-6H3,(H,45,52)(H,46,50). The lowest BCUT2D eigenvalue weighted by molar-refractivity contribution is -0.140. The number of aliphatic hydroxyl groups is 1. The van der Waals surface area contributed by atoms with Gasteiger partial charge in [0.05, 0.1) is 12.1 Å². The summed E-state index contributed by atoms with van der Waals surface area (Å²) < 4.78 is 11.0. The summed E-state index contributed by atoms with van der Waals surface area (Å²) in [5.41, 5.74) is 1.84. The number of nitrogens with zero attached hydrogens (tertiary/aromatic N) is 2. The van der Waals surface area contributed by atoms with Gasteiger partial charge in [-0.25, -0.2) is 9.59 Å². The summed E-state index contributed by atoms with van der Waals surface area (Å²) in [6.07, 6.45) is -0.569. The maximum absolute atomic E-state index is 14.2. The first-order chi connectivity index (χ1) is 26.1. The molecule has 55 heavy (non-hydrogen) atoms. The molecular weight excluding hydrogens is 720 g/mol. The highest BCUT2D eigenvalue weighted by Gasteiger charge is 2.36. The molecule has 1 fully saturated rings. The number of likely N-dealkylation sites (tertiary alicyclic amines) is 1. The zero-order chi connectivity index (χ0) is 40.1. The second-order valence-corrected chi connectivity index (χ2v) is 16.2. The summed E-state index contributed by atoms with van der Waals surface area (Å²) in [4.78, 5) is 57.3. The molecule has 4 amide bonds. The van der Waals surface area contributed by atoms with Crippen molar-refractivity contribution in [3.8, 4) is 0 Å². The first-order valence-corrected chi connectivity index (χ1v) is 19.5. The van der Waals surface area contributed by atoms with E-state index in [2.05, 4.69) is 10.6 Å². The van der Waals surface area contributed by atoms with Crippen molar-refractivity contribution in [2.24, 2.45) is 11.8 Å². The number of amides is 4. The molecule has 4 rings (SSSR count). The number of hydrogen-bond acceptors (Lipinski definition) is 7. The molecule has 4 atom stereocenters. The number of alkyl carbamates (subject to hydrolysis) is 1. The van der Waals surface area contributed by atoms with Gasteiger partial charge in [0.15, 0.2) is 0 Å². The first-order valence-electron chi connectivity index (χ1n) is 19.1. The van der Waals surface area contributed by atoms with Crippen LogP contribution in [0.5, 0.6) is 0 Å². The Hall–Kier alpha value is -4.61. The van der Waals surface area contributed by atoms with E-state index in [1.54, 1.807) is 55.8 Å². The first kappa shape index (κ1) is 43.1. The highest BCUT2D eigenvalue weighted by atomic mass is 35.5. The molecule has 12 heteroatoms. The molecule has 0 saturated carbocycles. The fourth-order valence-electron chi connectivity index (χ4n) is 6.72. The largest absolute Gasteiger partial charge is 0.445 e. The van der Waals surface area contributed by atoms with Crippen molar-refractivity contribution < 1.29 is 33.8 Å². The predicted molar refractivity (Wildman–Crippen MR) is 213 cm³/mol. The van der Waals surface area contributed by atoms with Gasteiger partial charge in [0.1, 0.15) is 18.2 Å².